The predicted octanol–water partition coefficient (Wildman–Crippen LogP) is 1.71. The van der Waals surface area contributed by atoms with Gasteiger partial charge in [0.2, 0.25) is 11.9 Å². The zero-order valence-corrected chi connectivity index (χ0v) is 12.4. The highest BCUT2D eigenvalue weighted by Crippen LogP contribution is 2.15. The standard InChI is InChI=1S/C13H17N3O3S/c1-8(2)20(18,19)9(3)12(17)16-13-14-10-6-4-5-7-11(10)15-13/h4-9H,1-3H3,(H2,14,15,16,17)/t9-/m1/s1. The second-order valence-corrected chi connectivity index (χ2v) is 7.70. The van der Waals surface area contributed by atoms with Crippen LogP contribution in [0.4, 0.5) is 5.95 Å². The number of imidazole rings is 1. The molecule has 2 aromatic rings. The molecule has 7 heteroatoms. The zero-order chi connectivity index (χ0) is 14.9. The fourth-order valence-corrected chi connectivity index (χ4v) is 2.96. The van der Waals surface area contributed by atoms with Crippen LogP contribution in [0.25, 0.3) is 11.0 Å². The van der Waals surface area contributed by atoms with E-state index in [-0.39, 0.29) is 5.95 Å². The van der Waals surface area contributed by atoms with Gasteiger partial charge in [0.25, 0.3) is 0 Å². The molecule has 2 rings (SSSR count). The average molecular weight is 295 g/mol. The normalized spacial score (nSPS) is 13.6. The molecule has 0 radical (unpaired) electrons. The SMILES string of the molecule is CC(C)S(=O)(=O)[C@H](C)C(=O)Nc1nc2ccccc2[nH]1. The summed E-state index contributed by atoms with van der Waals surface area (Å²) in [7, 11) is -3.48. The van der Waals surface area contributed by atoms with Crippen LogP contribution >= 0.6 is 0 Å². The van der Waals surface area contributed by atoms with E-state index in [1.165, 1.54) is 6.92 Å². The first-order valence-electron chi connectivity index (χ1n) is 6.30. The van der Waals surface area contributed by atoms with Gasteiger partial charge >= 0.3 is 0 Å². The molecule has 6 nitrogen and oxygen atoms in total. The highest BCUT2D eigenvalue weighted by molar-refractivity contribution is 7.93. The molecule has 1 amide bonds. The number of aromatic nitrogens is 2. The van der Waals surface area contributed by atoms with Gasteiger partial charge in [0.15, 0.2) is 9.84 Å². The number of anilines is 1. The molecule has 0 aliphatic heterocycles. The van der Waals surface area contributed by atoms with Crippen LogP contribution in [-0.2, 0) is 14.6 Å². The largest absolute Gasteiger partial charge is 0.324 e. The minimum atomic E-state index is -3.48. The number of aromatic amines is 1. The first kappa shape index (κ1) is 14.5. The molecule has 0 spiro atoms. The van der Waals surface area contributed by atoms with Crippen molar-refractivity contribution in [1.29, 1.82) is 0 Å². The summed E-state index contributed by atoms with van der Waals surface area (Å²) >= 11 is 0. The molecule has 2 N–H and O–H groups in total. The summed E-state index contributed by atoms with van der Waals surface area (Å²) in [5.41, 5.74) is 1.49. The molecular formula is C13H17N3O3S. The fourth-order valence-electron chi connectivity index (χ4n) is 1.79. The smallest absolute Gasteiger partial charge is 0.244 e. The zero-order valence-electron chi connectivity index (χ0n) is 11.5. The lowest BCUT2D eigenvalue weighted by Gasteiger charge is -2.14. The summed E-state index contributed by atoms with van der Waals surface area (Å²) in [6.07, 6.45) is 0. The van der Waals surface area contributed by atoms with Crippen LogP contribution in [0.2, 0.25) is 0 Å². The van der Waals surface area contributed by atoms with Crippen molar-refractivity contribution in [1.82, 2.24) is 9.97 Å². The van der Waals surface area contributed by atoms with Crippen LogP contribution in [0.1, 0.15) is 20.8 Å². The van der Waals surface area contributed by atoms with E-state index in [1.807, 2.05) is 18.2 Å². The summed E-state index contributed by atoms with van der Waals surface area (Å²) in [6, 6.07) is 7.31. The summed E-state index contributed by atoms with van der Waals surface area (Å²) in [5, 5.41) is 0.794. The number of sulfone groups is 1. The molecule has 0 saturated carbocycles. The van der Waals surface area contributed by atoms with Crippen LogP contribution in [0.3, 0.4) is 0 Å². The maximum absolute atomic E-state index is 12.0. The number of carbonyl (C=O) groups is 1. The fraction of sp³-hybridized carbons (Fsp3) is 0.385. The molecule has 0 fully saturated rings. The number of carbonyl (C=O) groups excluding carboxylic acids is 1. The number of fused-ring (bicyclic) bond motifs is 1. The van der Waals surface area contributed by atoms with Gasteiger partial charge in [0.1, 0.15) is 5.25 Å². The van der Waals surface area contributed by atoms with Gasteiger partial charge in [-0.2, -0.15) is 0 Å². The Morgan fingerprint density at radius 3 is 2.50 bits per heavy atom. The molecule has 1 aromatic heterocycles. The number of nitrogens with one attached hydrogen (secondary N) is 2. The molecule has 1 heterocycles. The summed E-state index contributed by atoms with van der Waals surface area (Å²) < 4.78 is 23.9. The lowest BCUT2D eigenvalue weighted by molar-refractivity contribution is -0.115. The number of para-hydroxylation sites is 2. The van der Waals surface area contributed by atoms with E-state index < -0.39 is 26.2 Å². The maximum atomic E-state index is 12.0. The maximum Gasteiger partial charge on any atom is 0.244 e. The van der Waals surface area contributed by atoms with Gasteiger partial charge in [0, 0.05) is 0 Å². The molecule has 0 aliphatic rings. The second-order valence-electron chi connectivity index (χ2n) is 4.87. The van der Waals surface area contributed by atoms with Crippen LogP contribution in [0, 0.1) is 0 Å². The molecule has 20 heavy (non-hydrogen) atoms. The van der Waals surface area contributed by atoms with Crippen molar-refractivity contribution in [3.8, 4) is 0 Å². The van der Waals surface area contributed by atoms with Crippen molar-refractivity contribution < 1.29 is 13.2 Å². The predicted molar refractivity (Wildman–Crippen MR) is 78.2 cm³/mol. The van der Waals surface area contributed by atoms with Gasteiger partial charge in [0.05, 0.1) is 16.3 Å². The van der Waals surface area contributed by atoms with E-state index in [2.05, 4.69) is 15.3 Å². The van der Waals surface area contributed by atoms with Crippen LogP contribution in [-0.4, -0.2) is 34.8 Å². The Morgan fingerprint density at radius 2 is 1.90 bits per heavy atom. The molecule has 108 valence electrons. The number of benzene rings is 1. The first-order chi connectivity index (χ1) is 9.32. The monoisotopic (exact) mass is 295 g/mol. The lowest BCUT2D eigenvalue weighted by Crippen LogP contribution is -2.36. The van der Waals surface area contributed by atoms with E-state index in [4.69, 9.17) is 0 Å². The molecule has 0 saturated heterocycles. The van der Waals surface area contributed by atoms with E-state index in [0.717, 1.165) is 5.52 Å². The quantitative estimate of drug-likeness (QED) is 0.898. The summed E-state index contributed by atoms with van der Waals surface area (Å²) in [4.78, 5) is 19.1. The Labute approximate surface area is 117 Å². The number of hydrogen-bond acceptors (Lipinski definition) is 4. The van der Waals surface area contributed by atoms with Gasteiger partial charge in [-0.05, 0) is 32.9 Å². The number of amides is 1. The second kappa shape index (κ2) is 5.24. The van der Waals surface area contributed by atoms with Gasteiger partial charge in [-0.3, -0.25) is 10.1 Å². The van der Waals surface area contributed by atoms with E-state index in [9.17, 15) is 13.2 Å². The van der Waals surface area contributed by atoms with Gasteiger partial charge in [-0.1, -0.05) is 12.1 Å². The minimum Gasteiger partial charge on any atom is -0.324 e. The minimum absolute atomic E-state index is 0.252. The third-order valence-corrected chi connectivity index (χ3v) is 5.66. The van der Waals surface area contributed by atoms with Crippen molar-refractivity contribution in [3.05, 3.63) is 24.3 Å². The Hall–Kier alpha value is -1.89. The Kier molecular flexibility index (Phi) is 3.80. The first-order valence-corrected chi connectivity index (χ1v) is 7.91. The van der Waals surface area contributed by atoms with Crippen LogP contribution in [0.15, 0.2) is 24.3 Å². The molecular weight excluding hydrogens is 278 g/mol. The number of nitrogens with zero attached hydrogens (tertiary/aromatic N) is 1. The molecule has 0 bridgehead atoms. The third kappa shape index (κ3) is 2.67. The van der Waals surface area contributed by atoms with Gasteiger partial charge in [-0.25, -0.2) is 13.4 Å². The Morgan fingerprint density at radius 1 is 1.25 bits per heavy atom. The highest BCUT2D eigenvalue weighted by atomic mass is 32.2. The molecule has 1 atom stereocenters. The van der Waals surface area contributed by atoms with Gasteiger partial charge in [-0.15, -0.1) is 0 Å². The van der Waals surface area contributed by atoms with E-state index in [0.29, 0.717) is 5.52 Å². The highest BCUT2D eigenvalue weighted by Gasteiger charge is 2.31. The van der Waals surface area contributed by atoms with Crippen molar-refractivity contribution in [3.63, 3.8) is 0 Å². The Bertz CT molecular complexity index is 701. The van der Waals surface area contributed by atoms with Crippen molar-refractivity contribution in [2.24, 2.45) is 0 Å². The third-order valence-electron chi connectivity index (χ3n) is 3.15. The average Bonchev–Trinajstić information content (AvgIpc) is 2.79. The summed E-state index contributed by atoms with van der Waals surface area (Å²) in [5.74, 6) is -0.334. The molecule has 1 aromatic carbocycles. The van der Waals surface area contributed by atoms with Gasteiger partial charge < -0.3 is 4.98 Å². The lowest BCUT2D eigenvalue weighted by atomic mass is 10.3. The van der Waals surface area contributed by atoms with E-state index in [1.54, 1.807) is 19.9 Å². The summed E-state index contributed by atoms with van der Waals surface area (Å²) in [6.45, 7) is 4.49. The van der Waals surface area contributed by atoms with E-state index >= 15 is 0 Å². The van der Waals surface area contributed by atoms with Crippen LogP contribution in [0.5, 0.6) is 0 Å². The van der Waals surface area contributed by atoms with Crippen molar-refractivity contribution in [2.45, 2.75) is 31.3 Å². The number of H-pyrrole nitrogens is 1. The number of hydrogen-bond donors (Lipinski definition) is 2. The van der Waals surface area contributed by atoms with Crippen molar-refractivity contribution >= 4 is 32.7 Å². The molecule has 0 aliphatic carbocycles. The van der Waals surface area contributed by atoms with Crippen LogP contribution < -0.4 is 5.32 Å². The number of rotatable bonds is 4. The van der Waals surface area contributed by atoms with Crippen molar-refractivity contribution in [2.75, 3.05) is 5.32 Å². The topological polar surface area (TPSA) is 91.9 Å². The molecule has 0 unspecified atom stereocenters. The Balaban J connectivity index is 2.19.